The highest BCUT2D eigenvalue weighted by Gasteiger charge is 2.47. The van der Waals surface area contributed by atoms with Crippen LogP contribution in [0, 0.1) is 11.8 Å². The van der Waals surface area contributed by atoms with E-state index in [2.05, 4.69) is 95.3 Å². The molecule has 2 aliphatic heterocycles. The van der Waals surface area contributed by atoms with Gasteiger partial charge in [0.1, 0.15) is 0 Å². The van der Waals surface area contributed by atoms with E-state index < -0.39 is 5.97 Å². The molecule has 2 aliphatic rings. The molecule has 0 unspecified atom stereocenters. The summed E-state index contributed by atoms with van der Waals surface area (Å²) in [5.41, 5.74) is 0.0331. The maximum Gasteiger partial charge on any atom is 0.303 e. The Labute approximate surface area is 386 Å². The van der Waals surface area contributed by atoms with Crippen LogP contribution in [0.25, 0.3) is 0 Å². The number of hydrogen-bond donors (Lipinski definition) is 4. The number of carboxylic acids is 1. The number of nitrogens with zero attached hydrogens (tertiary/aromatic N) is 5. The molecule has 0 aliphatic carbocycles. The SMILES string of the molecule is CCCCCCCCON1C(C)(C)CC(CCCCNc2nc(NCCCCCC(=O)O)nc(NCCCCC3CC(C)(C)N(OCCCCCCCC)C(C)(C)C3)n2)CC1(C)C. The van der Waals surface area contributed by atoms with E-state index in [9.17, 15) is 4.79 Å². The zero-order chi connectivity index (χ0) is 46.2. The Bertz CT molecular complexity index is 1270. The average molecular weight is 887 g/mol. The lowest BCUT2D eigenvalue weighted by Crippen LogP contribution is -2.60. The molecule has 63 heavy (non-hydrogen) atoms. The largest absolute Gasteiger partial charge is 0.481 e. The summed E-state index contributed by atoms with van der Waals surface area (Å²) in [5, 5.41) is 24.1. The van der Waals surface area contributed by atoms with Gasteiger partial charge in [-0.2, -0.15) is 25.1 Å². The van der Waals surface area contributed by atoms with Crippen molar-refractivity contribution in [2.45, 2.75) is 258 Å². The minimum absolute atomic E-state index is 0.00828. The second-order valence-corrected chi connectivity index (χ2v) is 21.9. The Hall–Kier alpha value is -2.28. The van der Waals surface area contributed by atoms with Crippen molar-refractivity contribution in [3.05, 3.63) is 0 Å². The van der Waals surface area contributed by atoms with E-state index >= 15 is 0 Å². The van der Waals surface area contributed by atoms with Crippen LogP contribution in [0.4, 0.5) is 17.8 Å². The number of aromatic nitrogens is 3. The topological polar surface area (TPSA) is 137 Å². The summed E-state index contributed by atoms with van der Waals surface area (Å²) in [6, 6.07) is 0. The number of anilines is 3. The standard InChI is InChI=1S/C51H98N8O4/c1-11-13-15-17-19-28-36-62-58-48(3,4)38-42(39-49(58,5)6)30-23-26-34-53-46-55-45(52-33-25-21-22-32-44(60)61)56-47(57-46)54-35-27-24-31-43-40-50(7,8)59(51(9,10)41-43)63-37-29-20-18-16-14-12-2/h42-43H,11-41H2,1-10H3,(H,60,61)(H3,52,53,54,55,56,57). The van der Waals surface area contributed by atoms with Crippen molar-refractivity contribution < 1.29 is 19.6 Å². The van der Waals surface area contributed by atoms with Crippen LogP contribution in [0.3, 0.4) is 0 Å². The molecular formula is C51H98N8O4. The number of carboxylic acid groups (broad SMARTS) is 1. The number of unbranched alkanes of at least 4 members (excludes halogenated alkanes) is 14. The van der Waals surface area contributed by atoms with E-state index in [1.54, 1.807) is 0 Å². The van der Waals surface area contributed by atoms with E-state index in [4.69, 9.17) is 29.7 Å². The van der Waals surface area contributed by atoms with Crippen LogP contribution >= 0.6 is 0 Å². The van der Waals surface area contributed by atoms with Gasteiger partial charge < -0.3 is 21.1 Å². The average Bonchev–Trinajstić information content (AvgIpc) is 3.19. The van der Waals surface area contributed by atoms with Crippen LogP contribution in [-0.4, -0.2) is 91.2 Å². The first-order valence-corrected chi connectivity index (χ1v) is 26.0. The first kappa shape index (κ1) is 55.1. The van der Waals surface area contributed by atoms with Gasteiger partial charge in [-0.25, -0.2) is 0 Å². The zero-order valence-corrected chi connectivity index (χ0v) is 42.5. The lowest BCUT2D eigenvalue weighted by atomic mass is 9.73. The Morgan fingerprint density at radius 2 is 0.825 bits per heavy atom. The fraction of sp³-hybridized carbons (Fsp3) is 0.922. The number of piperidine rings is 2. The maximum atomic E-state index is 10.9. The molecule has 1 aromatic rings. The lowest BCUT2D eigenvalue weighted by molar-refractivity contribution is -0.288. The van der Waals surface area contributed by atoms with E-state index in [0.29, 0.717) is 42.6 Å². The van der Waals surface area contributed by atoms with Crippen LogP contribution in [0.15, 0.2) is 0 Å². The molecule has 3 rings (SSSR count). The fourth-order valence-electron chi connectivity index (χ4n) is 11.0. The van der Waals surface area contributed by atoms with E-state index in [0.717, 1.165) is 103 Å². The summed E-state index contributed by atoms with van der Waals surface area (Å²) < 4.78 is 0. The van der Waals surface area contributed by atoms with Gasteiger partial charge in [-0.1, -0.05) is 110 Å². The van der Waals surface area contributed by atoms with Gasteiger partial charge in [-0.05, 0) is 131 Å². The van der Waals surface area contributed by atoms with Gasteiger partial charge in [0.25, 0.3) is 0 Å². The van der Waals surface area contributed by atoms with Gasteiger partial charge in [0.2, 0.25) is 17.8 Å². The molecule has 0 aromatic carbocycles. The molecule has 4 N–H and O–H groups in total. The number of rotatable bonds is 35. The van der Waals surface area contributed by atoms with Crippen molar-refractivity contribution in [1.29, 1.82) is 0 Å². The van der Waals surface area contributed by atoms with Crippen molar-refractivity contribution in [2.24, 2.45) is 11.8 Å². The molecular weight excluding hydrogens is 789 g/mol. The third kappa shape index (κ3) is 21.3. The predicted octanol–water partition coefficient (Wildman–Crippen LogP) is 13.2. The van der Waals surface area contributed by atoms with Gasteiger partial charge in [0.15, 0.2) is 0 Å². The molecule has 0 amide bonds. The van der Waals surface area contributed by atoms with Crippen molar-refractivity contribution in [2.75, 3.05) is 48.8 Å². The van der Waals surface area contributed by atoms with Crippen LogP contribution in [0.1, 0.15) is 236 Å². The number of aliphatic carboxylic acids is 1. The van der Waals surface area contributed by atoms with Crippen molar-refractivity contribution in [1.82, 2.24) is 25.1 Å². The second-order valence-electron chi connectivity index (χ2n) is 21.9. The Balaban J connectivity index is 1.45. The van der Waals surface area contributed by atoms with Gasteiger partial charge in [0, 0.05) is 48.2 Å². The van der Waals surface area contributed by atoms with E-state index in [1.165, 1.54) is 77.0 Å². The third-order valence-electron chi connectivity index (χ3n) is 13.4. The summed E-state index contributed by atoms with van der Waals surface area (Å²) >= 11 is 0. The smallest absolute Gasteiger partial charge is 0.303 e. The summed E-state index contributed by atoms with van der Waals surface area (Å²) in [7, 11) is 0. The van der Waals surface area contributed by atoms with Crippen LogP contribution in [0.2, 0.25) is 0 Å². The molecule has 3 heterocycles. The highest BCUT2D eigenvalue weighted by molar-refractivity contribution is 5.66. The normalized spacial score (nSPS) is 19.0. The van der Waals surface area contributed by atoms with Gasteiger partial charge >= 0.3 is 5.97 Å². The number of hydroxylamine groups is 4. The highest BCUT2D eigenvalue weighted by atomic mass is 16.7. The van der Waals surface area contributed by atoms with Crippen molar-refractivity contribution >= 4 is 23.8 Å². The Morgan fingerprint density at radius 3 is 1.17 bits per heavy atom. The molecule has 0 bridgehead atoms. The molecule has 0 atom stereocenters. The molecule has 0 radical (unpaired) electrons. The molecule has 12 nitrogen and oxygen atoms in total. The zero-order valence-electron chi connectivity index (χ0n) is 42.5. The first-order chi connectivity index (χ1) is 30.0. The minimum Gasteiger partial charge on any atom is -0.481 e. The van der Waals surface area contributed by atoms with E-state index in [-0.39, 0.29) is 28.6 Å². The molecule has 0 spiro atoms. The lowest BCUT2D eigenvalue weighted by Gasteiger charge is -2.54. The first-order valence-electron chi connectivity index (χ1n) is 26.0. The second kappa shape index (κ2) is 28.7. The summed E-state index contributed by atoms with van der Waals surface area (Å²) in [6.45, 7) is 27.3. The third-order valence-corrected chi connectivity index (χ3v) is 13.4. The summed E-state index contributed by atoms with van der Waals surface area (Å²) in [5.74, 6) is 2.33. The minimum atomic E-state index is -0.740. The Kier molecular flexibility index (Phi) is 25.1. The number of hydrogen-bond acceptors (Lipinski definition) is 11. The molecule has 2 fully saturated rings. The molecule has 1 aromatic heterocycles. The van der Waals surface area contributed by atoms with Crippen LogP contribution < -0.4 is 16.0 Å². The number of carbonyl (C=O) groups is 1. The maximum absolute atomic E-state index is 10.9. The van der Waals surface area contributed by atoms with Gasteiger partial charge in [-0.3, -0.25) is 14.5 Å². The molecule has 366 valence electrons. The molecule has 2 saturated heterocycles. The summed E-state index contributed by atoms with van der Waals surface area (Å²) in [6.07, 6.45) is 29.4. The predicted molar refractivity (Wildman–Crippen MR) is 263 cm³/mol. The molecule has 0 saturated carbocycles. The van der Waals surface area contributed by atoms with Crippen molar-refractivity contribution in [3.63, 3.8) is 0 Å². The van der Waals surface area contributed by atoms with Crippen molar-refractivity contribution in [3.8, 4) is 0 Å². The molecule has 12 heteroatoms. The number of nitrogens with one attached hydrogen (secondary N) is 3. The van der Waals surface area contributed by atoms with Gasteiger partial charge in [-0.15, -0.1) is 0 Å². The quantitative estimate of drug-likeness (QED) is 0.0483. The Morgan fingerprint density at radius 1 is 0.508 bits per heavy atom. The van der Waals surface area contributed by atoms with Gasteiger partial charge in [0.05, 0.1) is 13.2 Å². The summed E-state index contributed by atoms with van der Waals surface area (Å²) in [4.78, 5) is 38.2. The van der Waals surface area contributed by atoms with Crippen LogP contribution in [-0.2, 0) is 14.5 Å². The van der Waals surface area contributed by atoms with Crippen LogP contribution in [0.5, 0.6) is 0 Å². The highest BCUT2D eigenvalue weighted by Crippen LogP contribution is 2.44. The monoisotopic (exact) mass is 887 g/mol. The van der Waals surface area contributed by atoms with E-state index in [1.807, 2.05) is 0 Å². The fourth-order valence-corrected chi connectivity index (χ4v) is 11.0.